The summed E-state index contributed by atoms with van der Waals surface area (Å²) in [4.78, 5) is 11.7. The molecule has 1 aliphatic rings. The molecule has 3 N–H and O–H groups in total. The Labute approximate surface area is 122 Å². The smallest absolute Gasteiger partial charge is 0.245 e. The van der Waals surface area contributed by atoms with E-state index in [4.69, 9.17) is 17.3 Å². The fourth-order valence-electron chi connectivity index (χ4n) is 2.31. The molecule has 0 aromatic heterocycles. The maximum absolute atomic E-state index is 12.6. The highest BCUT2D eigenvalue weighted by Crippen LogP contribution is 2.30. The van der Waals surface area contributed by atoms with E-state index in [-0.39, 0.29) is 21.5 Å². The number of halogens is 1. The highest BCUT2D eigenvalue weighted by atomic mass is 35.5. The lowest BCUT2D eigenvalue weighted by molar-refractivity contribution is -0.123. The molecule has 1 fully saturated rings. The third kappa shape index (κ3) is 2.61. The van der Waals surface area contributed by atoms with Crippen LogP contribution in [0.1, 0.15) is 12.8 Å². The molecule has 1 amide bonds. The Balaban J connectivity index is 2.44. The molecule has 0 saturated carbocycles. The first kappa shape index (κ1) is 15.1. The molecule has 0 bridgehead atoms. The molecule has 1 aliphatic heterocycles. The van der Waals surface area contributed by atoms with Crippen molar-refractivity contribution < 1.29 is 13.2 Å². The zero-order valence-electron chi connectivity index (χ0n) is 11.0. The quantitative estimate of drug-likeness (QED) is 0.807. The predicted molar refractivity (Wildman–Crippen MR) is 76.8 cm³/mol. The van der Waals surface area contributed by atoms with Gasteiger partial charge in [0, 0.05) is 18.6 Å². The molecule has 110 valence electrons. The van der Waals surface area contributed by atoms with Gasteiger partial charge in [0.1, 0.15) is 10.9 Å². The number of anilines is 1. The number of nitrogens with one attached hydrogen (secondary N) is 1. The van der Waals surface area contributed by atoms with E-state index in [0.717, 1.165) is 0 Å². The number of nitrogens with zero attached hydrogens (tertiary/aromatic N) is 1. The monoisotopic (exact) mass is 317 g/mol. The molecule has 1 unspecified atom stereocenters. The van der Waals surface area contributed by atoms with E-state index in [1.807, 2.05) is 0 Å². The number of nitrogens with two attached hydrogens (primary N) is 1. The van der Waals surface area contributed by atoms with Gasteiger partial charge in [-0.3, -0.25) is 4.79 Å². The van der Waals surface area contributed by atoms with Crippen LogP contribution in [0.4, 0.5) is 5.69 Å². The fourth-order valence-corrected chi connectivity index (χ4v) is 4.35. The average molecular weight is 318 g/mol. The third-order valence-corrected chi connectivity index (χ3v) is 5.51. The number of hydrogen-bond donors (Lipinski definition) is 2. The minimum Gasteiger partial charge on any atom is -0.398 e. The molecular weight excluding hydrogens is 302 g/mol. The molecule has 6 nitrogen and oxygen atoms in total. The highest BCUT2D eigenvalue weighted by Gasteiger charge is 2.39. The molecular formula is C12H16ClN3O3S. The number of rotatable bonds is 3. The predicted octanol–water partition coefficient (Wildman–Crippen LogP) is 0.821. The zero-order chi connectivity index (χ0) is 14.9. The molecule has 1 aromatic carbocycles. The van der Waals surface area contributed by atoms with Gasteiger partial charge >= 0.3 is 0 Å². The summed E-state index contributed by atoms with van der Waals surface area (Å²) >= 11 is 5.84. The molecule has 0 spiro atoms. The van der Waals surface area contributed by atoms with Crippen LogP contribution in [0.2, 0.25) is 5.02 Å². The van der Waals surface area contributed by atoms with Gasteiger partial charge in [-0.05, 0) is 31.0 Å². The van der Waals surface area contributed by atoms with Crippen molar-refractivity contribution in [1.29, 1.82) is 0 Å². The molecule has 8 heteroatoms. The molecule has 20 heavy (non-hydrogen) atoms. The Kier molecular flexibility index (Phi) is 4.22. The van der Waals surface area contributed by atoms with Crippen molar-refractivity contribution in [2.24, 2.45) is 0 Å². The number of sulfonamides is 1. The number of carbonyl (C=O) groups is 1. The number of hydrogen-bond acceptors (Lipinski definition) is 4. The first-order valence-electron chi connectivity index (χ1n) is 6.16. The first-order chi connectivity index (χ1) is 9.37. The molecule has 0 radical (unpaired) electrons. The van der Waals surface area contributed by atoms with Crippen molar-refractivity contribution in [3.8, 4) is 0 Å². The molecule has 1 heterocycles. The molecule has 2 rings (SSSR count). The van der Waals surface area contributed by atoms with E-state index >= 15 is 0 Å². The van der Waals surface area contributed by atoms with Crippen LogP contribution < -0.4 is 11.1 Å². The summed E-state index contributed by atoms with van der Waals surface area (Å²) in [5.41, 5.74) is 5.85. The molecule has 0 aliphatic carbocycles. The summed E-state index contributed by atoms with van der Waals surface area (Å²) in [5, 5.41) is 2.77. The number of nitrogen functional groups attached to an aromatic ring is 1. The molecule has 1 aromatic rings. The van der Waals surface area contributed by atoms with Crippen LogP contribution in [0.5, 0.6) is 0 Å². The lowest BCUT2D eigenvalue weighted by Gasteiger charge is -2.23. The van der Waals surface area contributed by atoms with E-state index in [1.54, 1.807) is 0 Å². The van der Waals surface area contributed by atoms with E-state index in [0.29, 0.717) is 19.4 Å². The van der Waals surface area contributed by atoms with Gasteiger partial charge in [-0.2, -0.15) is 4.31 Å². The van der Waals surface area contributed by atoms with Gasteiger partial charge in [-0.25, -0.2) is 8.42 Å². The van der Waals surface area contributed by atoms with Crippen molar-refractivity contribution in [2.45, 2.75) is 23.8 Å². The normalized spacial score (nSPS) is 20.0. The minimum absolute atomic E-state index is 0.0548. The van der Waals surface area contributed by atoms with Crippen molar-refractivity contribution in [2.75, 3.05) is 19.3 Å². The van der Waals surface area contributed by atoms with E-state index < -0.39 is 16.1 Å². The van der Waals surface area contributed by atoms with Crippen molar-refractivity contribution in [1.82, 2.24) is 9.62 Å². The van der Waals surface area contributed by atoms with Crippen LogP contribution >= 0.6 is 11.6 Å². The Morgan fingerprint density at radius 2 is 2.20 bits per heavy atom. The SMILES string of the molecule is CNC(=O)C1CCCN1S(=O)(=O)c1cc(Cl)ccc1N. The average Bonchev–Trinajstić information content (AvgIpc) is 2.90. The lowest BCUT2D eigenvalue weighted by Crippen LogP contribution is -2.44. The summed E-state index contributed by atoms with van der Waals surface area (Å²) in [5.74, 6) is -0.313. The van der Waals surface area contributed by atoms with Crippen molar-refractivity contribution in [3.05, 3.63) is 23.2 Å². The van der Waals surface area contributed by atoms with Crippen molar-refractivity contribution >= 4 is 33.2 Å². The van der Waals surface area contributed by atoms with Gasteiger partial charge in [0.05, 0.1) is 5.69 Å². The van der Waals surface area contributed by atoms with Crippen LogP contribution in [-0.2, 0) is 14.8 Å². The first-order valence-corrected chi connectivity index (χ1v) is 7.98. The standard InChI is InChI=1S/C12H16ClN3O3S/c1-15-12(17)10-3-2-6-16(10)20(18,19)11-7-8(13)4-5-9(11)14/h4-5,7,10H,2-3,6,14H2,1H3,(H,15,17). The number of benzene rings is 1. The van der Waals surface area contributed by atoms with Crippen LogP contribution in [-0.4, -0.2) is 38.3 Å². The topological polar surface area (TPSA) is 92.5 Å². The zero-order valence-corrected chi connectivity index (χ0v) is 12.5. The number of carbonyl (C=O) groups excluding carboxylic acids is 1. The number of amides is 1. The van der Waals surface area contributed by atoms with Gasteiger partial charge < -0.3 is 11.1 Å². The van der Waals surface area contributed by atoms with E-state index in [9.17, 15) is 13.2 Å². The Hall–Kier alpha value is -1.31. The maximum Gasteiger partial charge on any atom is 0.245 e. The van der Waals surface area contributed by atoms with Crippen LogP contribution in [0.3, 0.4) is 0 Å². The summed E-state index contributed by atoms with van der Waals surface area (Å²) in [7, 11) is -2.35. The summed E-state index contributed by atoms with van der Waals surface area (Å²) in [6.07, 6.45) is 1.14. The number of likely N-dealkylation sites (N-methyl/N-ethyl adjacent to an activating group) is 1. The molecule has 1 atom stereocenters. The highest BCUT2D eigenvalue weighted by molar-refractivity contribution is 7.89. The van der Waals surface area contributed by atoms with Crippen LogP contribution in [0, 0.1) is 0 Å². The van der Waals surface area contributed by atoms with E-state index in [1.165, 1.54) is 29.6 Å². The van der Waals surface area contributed by atoms with Crippen molar-refractivity contribution in [3.63, 3.8) is 0 Å². The van der Waals surface area contributed by atoms with E-state index in [2.05, 4.69) is 5.32 Å². The summed E-state index contributed by atoms with van der Waals surface area (Å²) < 4.78 is 26.5. The van der Waals surface area contributed by atoms with Gasteiger partial charge in [-0.15, -0.1) is 0 Å². The van der Waals surface area contributed by atoms with Gasteiger partial charge in [0.15, 0.2) is 0 Å². The fraction of sp³-hybridized carbons (Fsp3) is 0.417. The Morgan fingerprint density at radius 3 is 2.85 bits per heavy atom. The molecule has 1 saturated heterocycles. The second-order valence-electron chi connectivity index (χ2n) is 4.57. The Bertz CT molecular complexity index is 633. The van der Waals surface area contributed by atoms with Crippen LogP contribution in [0.15, 0.2) is 23.1 Å². The minimum atomic E-state index is -3.83. The summed E-state index contributed by atoms with van der Waals surface area (Å²) in [6.45, 7) is 0.298. The maximum atomic E-state index is 12.6. The third-order valence-electron chi connectivity index (χ3n) is 3.31. The van der Waals surface area contributed by atoms with Gasteiger partial charge in [-0.1, -0.05) is 11.6 Å². The van der Waals surface area contributed by atoms with Gasteiger partial charge in [0.25, 0.3) is 0 Å². The second-order valence-corrected chi connectivity index (χ2v) is 6.87. The summed E-state index contributed by atoms with van der Waals surface area (Å²) in [6, 6.07) is 3.59. The second kappa shape index (κ2) is 5.59. The van der Waals surface area contributed by atoms with Gasteiger partial charge in [0.2, 0.25) is 15.9 Å². The largest absolute Gasteiger partial charge is 0.398 e. The lowest BCUT2D eigenvalue weighted by atomic mass is 10.2. The Morgan fingerprint density at radius 1 is 1.50 bits per heavy atom. The van der Waals surface area contributed by atoms with Crippen LogP contribution in [0.25, 0.3) is 0 Å².